The first-order valence-electron chi connectivity index (χ1n) is 10.3. The number of hydrogen-bond donors (Lipinski definition) is 10. The van der Waals surface area contributed by atoms with Gasteiger partial charge in [0.15, 0.2) is 23.0 Å². The van der Waals surface area contributed by atoms with Crippen molar-refractivity contribution in [2.24, 2.45) is 9.98 Å². The Morgan fingerprint density at radius 3 is 1.22 bits per heavy atom. The van der Waals surface area contributed by atoms with Crippen molar-refractivity contribution in [2.45, 2.75) is 24.9 Å². The molecule has 197 valence electrons. The number of nitrogens with zero attached hydrogens (tertiary/aromatic N) is 2. The average Bonchev–Trinajstić information content (AvgIpc) is 2.78. The first-order valence-corrected chi connectivity index (χ1v) is 15.0. The number of phenolic OH excluding ortho intramolecular Hbond substituents is 4. The monoisotopic (exact) mass is 581 g/mol. The van der Waals surface area contributed by atoms with Crippen LogP contribution in [-0.2, 0) is 21.0 Å². The third-order valence-corrected chi connectivity index (χ3v) is 6.13. The third-order valence-electron chi connectivity index (χ3n) is 4.08. The summed E-state index contributed by atoms with van der Waals surface area (Å²) in [5.41, 5.74) is 1.25. The van der Waals surface area contributed by atoms with Gasteiger partial charge in [-0.25, -0.2) is 0 Å². The summed E-state index contributed by atoms with van der Waals surface area (Å²) in [6, 6.07) is 8.50. The topological polar surface area (TPSA) is 244 Å². The number of hydrogen-bond acceptors (Lipinski definition) is 13. The molecule has 36 heavy (non-hydrogen) atoms. The molecule has 2 aromatic rings. The number of benzene rings is 2. The molecule has 0 spiro atoms. The molecule has 2 aromatic carbocycles. The van der Waals surface area contributed by atoms with Crippen molar-refractivity contribution in [1.29, 1.82) is 0 Å². The van der Waals surface area contributed by atoms with Gasteiger partial charge in [0.2, 0.25) is 0 Å². The van der Waals surface area contributed by atoms with Crippen molar-refractivity contribution in [2.75, 3.05) is 13.1 Å². The molecule has 0 aliphatic rings. The van der Waals surface area contributed by atoms with E-state index in [1.165, 1.54) is 36.7 Å². The van der Waals surface area contributed by atoms with Crippen LogP contribution in [0.15, 0.2) is 46.4 Å². The van der Waals surface area contributed by atoms with Gasteiger partial charge in [0.25, 0.3) is 0 Å². The third kappa shape index (κ3) is 17.1. The van der Waals surface area contributed by atoms with E-state index in [-0.39, 0.29) is 35.1 Å². The van der Waals surface area contributed by atoms with Gasteiger partial charge in [-0.05, 0) is 60.4 Å². The molecule has 2 rings (SSSR count). The molecule has 0 saturated carbocycles. The van der Waals surface area contributed by atoms with Gasteiger partial charge in [0.05, 0.1) is 0 Å². The van der Waals surface area contributed by atoms with Crippen LogP contribution in [0.5, 0.6) is 23.0 Å². The summed E-state index contributed by atoms with van der Waals surface area (Å²) in [5, 5.41) is 36.5. The fourth-order valence-corrected chi connectivity index (χ4v) is 3.66. The number of aromatic hydroxyl groups is 4. The Kier molecular flexibility index (Phi) is 15.9. The van der Waals surface area contributed by atoms with Crippen molar-refractivity contribution in [3.8, 4) is 23.0 Å². The summed E-state index contributed by atoms with van der Waals surface area (Å²) >= 11 is 1.06. The van der Waals surface area contributed by atoms with Gasteiger partial charge in [0.1, 0.15) is 0 Å². The van der Waals surface area contributed by atoms with Gasteiger partial charge in [0, 0.05) is 37.6 Å². The van der Waals surface area contributed by atoms with Gasteiger partial charge in [-0.2, -0.15) is 0 Å². The quantitative estimate of drug-likeness (QED) is 0.0743. The molecule has 0 saturated heterocycles. The SMILES string of the molecule is Oc1ccc(C=NCCC[Si](O)(O)O)cc1O.Oc1ccc(C=NCCC[Si](O)(O)O)cc1O.[O]=[V+2]. The molecule has 16 heteroatoms. The Hall–Kier alpha value is -2.44. The van der Waals surface area contributed by atoms with E-state index < -0.39 is 17.6 Å². The van der Waals surface area contributed by atoms with Gasteiger partial charge < -0.3 is 49.2 Å². The Morgan fingerprint density at radius 1 is 0.611 bits per heavy atom. The summed E-state index contributed by atoms with van der Waals surface area (Å²) in [6.45, 7) is 0.691. The van der Waals surface area contributed by atoms with Crippen molar-refractivity contribution in [3.63, 3.8) is 0 Å². The Bertz CT molecular complexity index is 906. The van der Waals surface area contributed by atoms with E-state index in [1.54, 1.807) is 12.1 Å². The summed E-state index contributed by atoms with van der Waals surface area (Å²) < 4.78 is 8.19. The van der Waals surface area contributed by atoms with Crippen molar-refractivity contribution in [1.82, 2.24) is 0 Å². The van der Waals surface area contributed by atoms with Gasteiger partial charge in [-0.3, -0.25) is 9.98 Å². The predicted octanol–water partition coefficient (Wildman–Crippen LogP) is -0.476. The van der Waals surface area contributed by atoms with E-state index in [2.05, 4.69) is 9.98 Å². The zero-order chi connectivity index (χ0) is 27.8. The van der Waals surface area contributed by atoms with Crippen molar-refractivity contribution in [3.05, 3.63) is 47.5 Å². The van der Waals surface area contributed by atoms with Crippen LogP contribution in [0.4, 0.5) is 0 Å². The average molecular weight is 582 g/mol. The van der Waals surface area contributed by atoms with Crippen LogP contribution in [-0.4, -0.2) is 92.3 Å². The summed E-state index contributed by atoms with van der Waals surface area (Å²) in [5.74, 6) is -0.833. The van der Waals surface area contributed by atoms with Crippen LogP contribution >= 0.6 is 0 Å². The number of phenols is 4. The van der Waals surface area contributed by atoms with Crippen LogP contribution in [0.1, 0.15) is 24.0 Å². The second kappa shape index (κ2) is 17.1. The maximum atomic E-state index is 9.20. The zero-order valence-corrected chi connectivity index (χ0v) is 22.5. The molecule has 13 nitrogen and oxygen atoms in total. The molecule has 0 heterocycles. The van der Waals surface area contributed by atoms with Gasteiger partial charge >= 0.3 is 38.7 Å². The van der Waals surface area contributed by atoms with Crippen LogP contribution < -0.4 is 0 Å². The van der Waals surface area contributed by atoms with Crippen molar-refractivity contribution >= 4 is 30.0 Å². The second-order valence-corrected chi connectivity index (χ2v) is 11.4. The molecule has 0 unspecified atom stereocenters. The maximum absolute atomic E-state index is 9.20. The van der Waals surface area contributed by atoms with Crippen LogP contribution in [0.25, 0.3) is 0 Å². The first-order chi connectivity index (χ1) is 16.8. The van der Waals surface area contributed by atoms with E-state index in [9.17, 15) is 10.2 Å². The Labute approximate surface area is 218 Å². The molecule has 0 bridgehead atoms. The minimum absolute atomic E-state index is 0.0504. The minimum atomic E-state index is -3.95. The molecular weight excluding hydrogens is 551 g/mol. The van der Waals surface area contributed by atoms with E-state index in [1.807, 2.05) is 0 Å². The van der Waals surface area contributed by atoms with Crippen LogP contribution in [0.3, 0.4) is 0 Å². The fraction of sp³-hybridized carbons (Fsp3) is 0.300. The van der Waals surface area contributed by atoms with Gasteiger partial charge in [-0.1, -0.05) is 0 Å². The first kappa shape index (κ1) is 33.6. The number of aliphatic imine (C=N–C) groups is 2. The fourth-order valence-electron chi connectivity index (χ4n) is 2.40. The summed E-state index contributed by atoms with van der Waals surface area (Å²) in [6.07, 6.45) is 3.73. The molecule has 0 radical (unpaired) electrons. The summed E-state index contributed by atoms with van der Waals surface area (Å²) in [4.78, 5) is 60.4. The van der Waals surface area contributed by atoms with E-state index in [4.69, 9.17) is 42.7 Å². The standard InChI is InChI=1S/2C10H15NO5Si.O.V/c2*12-9-3-2-8(6-10(9)13)7-11-4-1-5-17(14,15)16;;/h2*2-3,6-7,12-16H,1,4-5H2;;/q;;;+2. The van der Waals surface area contributed by atoms with E-state index >= 15 is 0 Å². The summed E-state index contributed by atoms with van der Waals surface area (Å²) in [7, 11) is -7.90. The van der Waals surface area contributed by atoms with E-state index in [0.29, 0.717) is 37.1 Å². The molecule has 0 amide bonds. The Balaban J connectivity index is 0.000000637. The normalized spacial score (nSPS) is 11.7. The van der Waals surface area contributed by atoms with Gasteiger partial charge in [-0.15, -0.1) is 0 Å². The number of rotatable bonds is 10. The predicted molar refractivity (Wildman–Crippen MR) is 129 cm³/mol. The molecule has 0 aliphatic carbocycles. The molecule has 0 aliphatic heterocycles. The van der Waals surface area contributed by atoms with Crippen molar-refractivity contribution < 1.29 is 70.2 Å². The molecule has 0 aromatic heterocycles. The molecular formula is C20H30N2O11Si2V+2. The van der Waals surface area contributed by atoms with E-state index in [0.717, 1.165) is 17.4 Å². The molecule has 0 atom stereocenters. The van der Waals surface area contributed by atoms with Crippen LogP contribution in [0, 0.1) is 0 Å². The molecule has 0 fully saturated rings. The van der Waals surface area contributed by atoms with Crippen LogP contribution in [0.2, 0.25) is 12.1 Å². The Morgan fingerprint density at radius 2 is 0.944 bits per heavy atom. The second-order valence-electron chi connectivity index (χ2n) is 7.32. The zero-order valence-electron chi connectivity index (χ0n) is 19.1. The molecule has 10 N–H and O–H groups in total.